The maximum atomic E-state index is 5.83. The van der Waals surface area contributed by atoms with E-state index in [1.165, 1.54) is 25.9 Å². The molecule has 1 aliphatic rings. The molecule has 1 unspecified atom stereocenters. The van der Waals surface area contributed by atoms with Crippen molar-refractivity contribution in [3.05, 3.63) is 23.5 Å². The van der Waals surface area contributed by atoms with Crippen molar-refractivity contribution in [1.82, 2.24) is 9.88 Å². The zero-order chi connectivity index (χ0) is 12.1. The van der Waals surface area contributed by atoms with Crippen LogP contribution in [0.15, 0.2) is 18.3 Å². The van der Waals surface area contributed by atoms with Crippen LogP contribution >= 0.6 is 11.6 Å². The normalized spacial score (nSPS) is 21.4. The maximum Gasteiger partial charge on any atom is 0.131 e. The number of rotatable bonds is 4. The van der Waals surface area contributed by atoms with Gasteiger partial charge in [-0.2, -0.15) is 0 Å². The van der Waals surface area contributed by atoms with E-state index in [1.807, 2.05) is 12.1 Å². The summed E-state index contributed by atoms with van der Waals surface area (Å²) in [4.78, 5) is 6.49. The van der Waals surface area contributed by atoms with E-state index < -0.39 is 0 Å². The Morgan fingerprint density at radius 1 is 1.59 bits per heavy atom. The first kappa shape index (κ1) is 12.7. The van der Waals surface area contributed by atoms with Crippen molar-refractivity contribution in [3.8, 4) is 0 Å². The molecule has 1 aromatic heterocycles. The summed E-state index contributed by atoms with van der Waals surface area (Å²) in [6, 6.07) is 3.81. The largest absolute Gasteiger partial charge is 0.384 e. The Morgan fingerprint density at radius 2 is 2.47 bits per heavy atom. The summed E-state index contributed by atoms with van der Waals surface area (Å²) in [5, 5.41) is 3.92. The number of aromatic nitrogens is 1. The van der Waals surface area contributed by atoms with Gasteiger partial charge < -0.3 is 10.2 Å². The highest BCUT2D eigenvalue weighted by Crippen LogP contribution is 2.15. The second-order valence-corrected chi connectivity index (χ2v) is 5.23. The average molecular weight is 254 g/mol. The summed E-state index contributed by atoms with van der Waals surface area (Å²) in [6.07, 6.45) is 4.44. The molecule has 0 saturated carbocycles. The molecule has 1 atom stereocenters. The van der Waals surface area contributed by atoms with Gasteiger partial charge in [0, 0.05) is 31.5 Å². The Labute approximate surface area is 108 Å². The van der Waals surface area contributed by atoms with Crippen LogP contribution in [0.3, 0.4) is 0 Å². The number of nitrogens with one attached hydrogen (secondary N) is 1. The van der Waals surface area contributed by atoms with Crippen molar-refractivity contribution in [3.63, 3.8) is 0 Å². The molecule has 2 rings (SSSR count). The molecule has 0 amide bonds. The first-order chi connectivity index (χ1) is 8.24. The average Bonchev–Trinajstić information content (AvgIpc) is 2.29. The Morgan fingerprint density at radius 3 is 3.24 bits per heavy atom. The predicted octanol–water partition coefficient (Wildman–Crippen LogP) is 2.88. The van der Waals surface area contributed by atoms with Crippen molar-refractivity contribution >= 4 is 17.3 Å². The number of pyridine rings is 1. The molecule has 0 radical (unpaired) electrons. The van der Waals surface area contributed by atoms with Crippen molar-refractivity contribution in [1.29, 1.82) is 0 Å². The van der Waals surface area contributed by atoms with Gasteiger partial charge in [0.05, 0.1) is 0 Å². The highest BCUT2D eigenvalue weighted by molar-refractivity contribution is 6.29. The molecule has 4 heteroatoms. The van der Waals surface area contributed by atoms with E-state index in [1.54, 1.807) is 6.20 Å². The summed E-state index contributed by atoms with van der Waals surface area (Å²) in [5.41, 5.74) is 1.05. The fourth-order valence-corrected chi connectivity index (χ4v) is 2.53. The van der Waals surface area contributed by atoms with Gasteiger partial charge in [-0.15, -0.1) is 0 Å². The van der Waals surface area contributed by atoms with Gasteiger partial charge in [-0.1, -0.05) is 18.5 Å². The molecular weight excluding hydrogens is 234 g/mol. The molecule has 94 valence electrons. The first-order valence-electron chi connectivity index (χ1n) is 6.32. The molecule has 1 aromatic rings. The van der Waals surface area contributed by atoms with Crippen molar-refractivity contribution in [2.24, 2.45) is 5.92 Å². The van der Waals surface area contributed by atoms with E-state index in [0.29, 0.717) is 5.15 Å². The molecule has 2 heterocycles. The summed E-state index contributed by atoms with van der Waals surface area (Å²) in [5.74, 6) is 0.846. The fourth-order valence-electron chi connectivity index (χ4n) is 2.36. The molecule has 0 spiro atoms. The van der Waals surface area contributed by atoms with Crippen LogP contribution in [-0.4, -0.2) is 36.1 Å². The SMILES string of the molecule is CC1CCCN(CCNc2ccnc(Cl)c2)C1. The number of halogens is 1. The monoisotopic (exact) mass is 253 g/mol. The lowest BCUT2D eigenvalue weighted by Crippen LogP contribution is -2.37. The van der Waals surface area contributed by atoms with Gasteiger partial charge in [0.15, 0.2) is 0 Å². The van der Waals surface area contributed by atoms with Gasteiger partial charge in [-0.3, -0.25) is 0 Å². The standard InChI is InChI=1S/C13H20ClN3/c1-11-3-2-7-17(10-11)8-6-15-12-4-5-16-13(14)9-12/h4-5,9,11H,2-3,6-8,10H2,1H3,(H,15,16). The van der Waals surface area contributed by atoms with Gasteiger partial charge in [0.25, 0.3) is 0 Å². The smallest absolute Gasteiger partial charge is 0.131 e. The third-order valence-electron chi connectivity index (χ3n) is 3.22. The zero-order valence-corrected chi connectivity index (χ0v) is 11.1. The predicted molar refractivity (Wildman–Crippen MR) is 72.6 cm³/mol. The van der Waals surface area contributed by atoms with E-state index in [-0.39, 0.29) is 0 Å². The van der Waals surface area contributed by atoms with Gasteiger partial charge in [-0.05, 0) is 37.4 Å². The van der Waals surface area contributed by atoms with Crippen LogP contribution in [0.2, 0.25) is 5.15 Å². The number of nitrogens with zero attached hydrogens (tertiary/aromatic N) is 2. The number of piperidine rings is 1. The van der Waals surface area contributed by atoms with Crippen LogP contribution in [0.25, 0.3) is 0 Å². The second kappa shape index (κ2) is 6.22. The molecular formula is C13H20ClN3. The number of hydrogen-bond acceptors (Lipinski definition) is 3. The van der Waals surface area contributed by atoms with E-state index in [2.05, 4.69) is 22.1 Å². The van der Waals surface area contributed by atoms with E-state index >= 15 is 0 Å². The Kier molecular flexibility index (Phi) is 4.63. The second-order valence-electron chi connectivity index (χ2n) is 4.84. The fraction of sp³-hybridized carbons (Fsp3) is 0.615. The summed E-state index contributed by atoms with van der Waals surface area (Å²) < 4.78 is 0. The molecule has 1 N–H and O–H groups in total. The van der Waals surface area contributed by atoms with Crippen LogP contribution < -0.4 is 5.32 Å². The van der Waals surface area contributed by atoms with Crippen molar-refractivity contribution in [2.45, 2.75) is 19.8 Å². The minimum absolute atomic E-state index is 0.543. The quantitative estimate of drug-likeness (QED) is 0.837. The Hall–Kier alpha value is -0.800. The third-order valence-corrected chi connectivity index (χ3v) is 3.43. The van der Waals surface area contributed by atoms with Gasteiger partial charge in [0.2, 0.25) is 0 Å². The van der Waals surface area contributed by atoms with E-state index in [0.717, 1.165) is 24.7 Å². The topological polar surface area (TPSA) is 28.2 Å². The van der Waals surface area contributed by atoms with Crippen LogP contribution in [0.4, 0.5) is 5.69 Å². The Bertz CT molecular complexity index is 356. The lowest BCUT2D eigenvalue weighted by molar-refractivity contribution is 0.190. The van der Waals surface area contributed by atoms with Gasteiger partial charge in [0.1, 0.15) is 5.15 Å². The molecule has 3 nitrogen and oxygen atoms in total. The molecule has 1 fully saturated rings. The van der Waals surface area contributed by atoms with E-state index in [9.17, 15) is 0 Å². The van der Waals surface area contributed by atoms with Gasteiger partial charge in [-0.25, -0.2) is 4.98 Å². The summed E-state index contributed by atoms with van der Waals surface area (Å²) >= 11 is 5.83. The van der Waals surface area contributed by atoms with Crippen molar-refractivity contribution < 1.29 is 0 Å². The highest BCUT2D eigenvalue weighted by atomic mass is 35.5. The maximum absolute atomic E-state index is 5.83. The lowest BCUT2D eigenvalue weighted by Gasteiger charge is -2.30. The zero-order valence-electron chi connectivity index (χ0n) is 10.3. The van der Waals surface area contributed by atoms with Crippen LogP contribution in [0.1, 0.15) is 19.8 Å². The molecule has 0 aliphatic carbocycles. The minimum atomic E-state index is 0.543. The summed E-state index contributed by atoms with van der Waals surface area (Å²) in [6.45, 7) is 6.88. The van der Waals surface area contributed by atoms with Gasteiger partial charge >= 0.3 is 0 Å². The first-order valence-corrected chi connectivity index (χ1v) is 6.69. The lowest BCUT2D eigenvalue weighted by atomic mass is 10.0. The summed E-state index contributed by atoms with van der Waals surface area (Å²) in [7, 11) is 0. The van der Waals surface area contributed by atoms with Crippen LogP contribution in [0.5, 0.6) is 0 Å². The third kappa shape index (κ3) is 4.17. The Balaban J connectivity index is 1.72. The number of likely N-dealkylation sites (tertiary alicyclic amines) is 1. The van der Waals surface area contributed by atoms with Crippen molar-refractivity contribution in [2.75, 3.05) is 31.5 Å². The molecule has 0 bridgehead atoms. The molecule has 0 aromatic carbocycles. The van der Waals surface area contributed by atoms with Crippen LogP contribution in [0, 0.1) is 5.92 Å². The van der Waals surface area contributed by atoms with Crippen LogP contribution in [-0.2, 0) is 0 Å². The molecule has 1 aliphatic heterocycles. The molecule has 1 saturated heterocycles. The minimum Gasteiger partial charge on any atom is -0.384 e. The highest BCUT2D eigenvalue weighted by Gasteiger charge is 2.15. The number of hydrogen-bond donors (Lipinski definition) is 1. The number of anilines is 1. The molecule has 17 heavy (non-hydrogen) atoms. The van der Waals surface area contributed by atoms with E-state index in [4.69, 9.17) is 11.6 Å².